The van der Waals surface area contributed by atoms with Crippen LogP contribution in [0.1, 0.15) is 10.4 Å². The lowest BCUT2D eigenvalue weighted by Gasteiger charge is -2.15. The van der Waals surface area contributed by atoms with Crippen LogP contribution in [-0.2, 0) is 0 Å². The minimum atomic E-state index is -0.497. The van der Waals surface area contributed by atoms with Gasteiger partial charge in [-0.2, -0.15) is 0 Å². The Labute approximate surface area is 141 Å². The van der Waals surface area contributed by atoms with E-state index in [1.165, 1.54) is 33.5 Å². The van der Waals surface area contributed by atoms with Crippen molar-refractivity contribution in [2.24, 2.45) is 0 Å². The Morgan fingerprint density at radius 1 is 1.04 bits per heavy atom. The number of hydrogen-bond donors (Lipinski definition) is 1. The van der Waals surface area contributed by atoms with E-state index in [9.17, 15) is 9.18 Å². The average Bonchev–Trinajstić information content (AvgIpc) is 2.55. The molecule has 0 aliphatic rings. The fourth-order valence-corrected chi connectivity index (χ4v) is 2.45. The zero-order chi connectivity index (χ0) is 17.0. The van der Waals surface area contributed by atoms with Crippen LogP contribution in [0.2, 0.25) is 0 Å². The van der Waals surface area contributed by atoms with E-state index in [0.29, 0.717) is 27.4 Å². The normalized spacial score (nSPS) is 10.1. The van der Waals surface area contributed by atoms with Crippen molar-refractivity contribution in [3.63, 3.8) is 0 Å². The zero-order valence-electron chi connectivity index (χ0n) is 12.8. The second kappa shape index (κ2) is 7.32. The molecule has 23 heavy (non-hydrogen) atoms. The molecule has 7 heteroatoms. The molecular weight excluding hydrogens is 369 g/mol. The maximum Gasteiger partial charge on any atom is 0.256 e. The number of hydrogen-bond acceptors (Lipinski definition) is 4. The number of halogens is 2. The molecule has 1 N–H and O–H groups in total. The molecule has 0 saturated carbocycles. The molecule has 2 aromatic carbocycles. The van der Waals surface area contributed by atoms with Gasteiger partial charge in [0.05, 0.1) is 26.9 Å². The van der Waals surface area contributed by atoms with Crippen LogP contribution < -0.4 is 19.5 Å². The summed E-state index contributed by atoms with van der Waals surface area (Å²) in [6, 6.07) is 7.07. The summed E-state index contributed by atoms with van der Waals surface area (Å²) in [5, 5.41) is 2.68. The van der Waals surface area contributed by atoms with Gasteiger partial charge in [-0.1, -0.05) is 0 Å². The number of carbonyl (C=O) groups excluding carboxylic acids is 1. The van der Waals surface area contributed by atoms with Gasteiger partial charge in [-0.3, -0.25) is 4.79 Å². The third-order valence-electron chi connectivity index (χ3n) is 3.10. The van der Waals surface area contributed by atoms with Crippen LogP contribution in [0, 0.1) is 5.82 Å². The molecule has 0 bridgehead atoms. The number of amides is 1. The van der Waals surface area contributed by atoms with Gasteiger partial charge in [-0.25, -0.2) is 4.39 Å². The summed E-state index contributed by atoms with van der Waals surface area (Å²) < 4.78 is 29.5. The molecular formula is C16H15BrFNO4. The van der Waals surface area contributed by atoms with Crippen LogP contribution in [0.4, 0.5) is 10.1 Å². The van der Waals surface area contributed by atoms with E-state index < -0.39 is 11.7 Å². The predicted octanol–water partition coefficient (Wildman–Crippen LogP) is 3.87. The van der Waals surface area contributed by atoms with Gasteiger partial charge in [0.15, 0.2) is 11.5 Å². The van der Waals surface area contributed by atoms with Gasteiger partial charge < -0.3 is 19.5 Å². The smallest absolute Gasteiger partial charge is 0.256 e. The molecule has 0 atom stereocenters. The molecule has 0 unspecified atom stereocenters. The summed E-state index contributed by atoms with van der Waals surface area (Å²) in [5.74, 6) is 0.259. The number of nitrogens with one attached hydrogen (secondary N) is 1. The molecule has 2 rings (SSSR count). The van der Waals surface area contributed by atoms with Crippen LogP contribution in [0.3, 0.4) is 0 Å². The molecule has 0 radical (unpaired) electrons. The van der Waals surface area contributed by atoms with Gasteiger partial charge in [0.2, 0.25) is 5.75 Å². The molecule has 0 heterocycles. The monoisotopic (exact) mass is 383 g/mol. The first kappa shape index (κ1) is 17.1. The summed E-state index contributed by atoms with van der Waals surface area (Å²) in [7, 11) is 4.45. The van der Waals surface area contributed by atoms with Crippen molar-refractivity contribution in [3.8, 4) is 17.2 Å². The second-order valence-corrected chi connectivity index (χ2v) is 5.35. The molecule has 5 nitrogen and oxygen atoms in total. The van der Waals surface area contributed by atoms with Crippen LogP contribution in [-0.4, -0.2) is 27.2 Å². The SMILES string of the molecule is COc1cc(NC(=O)c2cc(F)ccc2Br)cc(OC)c1OC. The Balaban J connectivity index is 2.36. The van der Waals surface area contributed by atoms with E-state index in [-0.39, 0.29) is 5.56 Å². The third kappa shape index (κ3) is 3.73. The van der Waals surface area contributed by atoms with E-state index in [2.05, 4.69) is 21.2 Å². The molecule has 0 spiro atoms. The largest absolute Gasteiger partial charge is 0.493 e. The first-order valence-corrected chi connectivity index (χ1v) is 7.35. The summed E-state index contributed by atoms with van der Waals surface area (Å²) in [6.45, 7) is 0. The summed E-state index contributed by atoms with van der Waals surface area (Å²) >= 11 is 3.23. The van der Waals surface area contributed by atoms with Crippen molar-refractivity contribution in [2.45, 2.75) is 0 Å². The van der Waals surface area contributed by atoms with E-state index >= 15 is 0 Å². The van der Waals surface area contributed by atoms with Gasteiger partial charge in [0.25, 0.3) is 5.91 Å². The fourth-order valence-electron chi connectivity index (χ4n) is 2.02. The Morgan fingerprint density at radius 2 is 1.65 bits per heavy atom. The van der Waals surface area contributed by atoms with Crippen LogP contribution >= 0.6 is 15.9 Å². The van der Waals surface area contributed by atoms with Crippen LogP contribution in [0.15, 0.2) is 34.8 Å². The number of anilines is 1. The van der Waals surface area contributed by atoms with E-state index in [1.807, 2.05) is 0 Å². The Bertz CT molecular complexity index is 711. The maximum atomic E-state index is 13.3. The predicted molar refractivity (Wildman–Crippen MR) is 88.2 cm³/mol. The van der Waals surface area contributed by atoms with Gasteiger partial charge in [0, 0.05) is 22.3 Å². The fraction of sp³-hybridized carbons (Fsp3) is 0.188. The minimum Gasteiger partial charge on any atom is -0.493 e. The summed E-state index contributed by atoms with van der Waals surface area (Å²) in [5.41, 5.74) is 0.611. The molecule has 0 fully saturated rings. The lowest BCUT2D eigenvalue weighted by Crippen LogP contribution is -2.13. The lowest BCUT2D eigenvalue weighted by atomic mass is 10.2. The number of rotatable bonds is 5. The van der Waals surface area contributed by atoms with E-state index in [1.54, 1.807) is 12.1 Å². The first-order chi connectivity index (χ1) is 11.0. The second-order valence-electron chi connectivity index (χ2n) is 4.49. The topological polar surface area (TPSA) is 56.8 Å². The number of methoxy groups -OCH3 is 3. The van der Waals surface area contributed by atoms with Crippen molar-refractivity contribution >= 4 is 27.5 Å². The van der Waals surface area contributed by atoms with Crippen LogP contribution in [0.25, 0.3) is 0 Å². The van der Waals surface area contributed by atoms with Gasteiger partial charge >= 0.3 is 0 Å². The Hall–Kier alpha value is -2.28. The van der Waals surface area contributed by atoms with Crippen molar-refractivity contribution in [2.75, 3.05) is 26.6 Å². The number of ether oxygens (including phenoxy) is 3. The third-order valence-corrected chi connectivity index (χ3v) is 3.79. The Morgan fingerprint density at radius 3 is 2.17 bits per heavy atom. The first-order valence-electron chi connectivity index (χ1n) is 6.56. The highest BCUT2D eigenvalue weighted by atomic mass is 79.9. The summed E-state index contributed by atoms with van der Waals surface area (Å²) in [6.07, 6.45) is 0. The molecule has 0 aromatic heterocycles. The van der Waals surface area contributed by atoms with Gasteiger partial charge in [-0.15, -0.1) is 0 Å². The Kier molecular flexibility index (Phi) is 5.44. The molecule has 0 aliphatic heterocycles. The van der Waals surface area contributed by atoms with E-state index in [0.717, 1.165) is 6.07 Å². The van der Waals surface area contributed by atoms with Crippen molar-refractivity contribution in [1.29, 1.82) is 0 Å². The van der Waals surface area contributed by atoms with Crippen molar-refractivity contribution < 1.29 is 23.4 Å². The quantitative estimate of drug-likeness (QED) is 0.851. The highest BCUT2D eigenvalue weighted by Crippen LogP contribution is 2.40. The standard InChI is InChI=1S/C16H15BrFNO4/c1-21-13-7-10(8-14(22-2)15(13)23-3)19-16(20)11-6-9(18)4-5-12(11)17/h4-8H,1-3H3,(H,19,20). The number of benzene rings is 2. The van der Waals surface area contributed by atoms with Crippen molar-refractivity contribution in [1.82, 2.24) is 0 Å². The molecule has 122 valence electrons. The number of carbonyl (C=O) groups is 1. The average molecular weight is 384 g/mol. The van der Waals surface area contributed by atoms with Crippen molar-refractivity contribution in [3.05, 3.63) is 46.2 Å². The van der Waals surface area contributed by atoms with Gasteiger partial charge in [0.1, 0.15) is 5.82 Å². The minimum absolute atomic E-state index is 0.179. The molecule has 0 aliphatic carbocycles. The summed E-state index contributed by atoms with van der Waals surface area (Å²) in [4.78, 5) is 12.3. The molecule has 1 amide bonds. The highest BCUT2D eigenvalue weighted by molar-refractivity contribution is 9.10. The van der Waals surface area contributed by atoms with Crippen LogP contribution in [0.5, 0.6) is 17.2 Å². The highest BCUT2D eigenvalue weighted by Gasteiger charge is 2.16. The molecule has 2 aromatic rings. The zero-order valence-corrected chi connectivity index (χ0v) is 14.4. The van der Waals surface area contributed by atoms with E-state index in [4.69, 9.17) is 14.2 Å². The molecule has 0 saturated heterocycles. The van der Waals surface area contributed by atoms with Gasteiger partial charge in [-0.05, 0) is 34.1 Å². The maximum absolute atomic E-state index is 13.3. The lowest BCUT2D eigenvalue weighted by molar-refractivity contribution is 0.102.